The highest BCUT2D eigenvalue weighted by molar-refractivity contribution is 7.26. The second-order valence-electron chi connectivity index (χ2n) is 15.7. The smallest absolute Gasteiger partial charge is 0.102 e. The molecule has 286 valence electrons. The maximum Gasteiger partial charge on any atom is 0.102 e. The van der Waals surface area contributed by atoms with Crippen LogP contribution in [0.4, 0.5) is 0 Å². The van der Waals surface area contributed by atoms with Gasteiger partial charge in [0.2, 0.25) is 0 Å². The zero-order chi connectivity index (χ0) is 41.1. The van der Waals surface area contributed by atoms with E-state index < -0.39 is 0 Å². The lowest BCUT2D eigenvalue weighted by molar-refractivity contribution is 1.13. The maximum absolute atomic E-state index is 12.2. The number of hydrogen-bond acceptors (Lipinski definition) is 4. The Labute approximate surface area is 363 Å². The van der Waals surface area contributed by atoms with Crippen molar-refractivity contribution in [3.63, 3.8) is 0 Å². The Morgan fingerprint density at radius 3 is 0.984 bits per heavy atom. The number of para-hydroxylation sites is 4. The van der Waals surface area contributed by atoms with Crippen LogP contribution in [0, 0.1) is 22.7 Å². The van der Waals surface area contributed by atoms with Crippen LogP contribution < -0.4 is 0 Å². The fourth-order valence-electron chi connectivity index (χ4n) is 10.1. The minimum atomic E-state index is 0.505. The molecule has 0 aliphatic carbocycles. The van der Waals surface area contributed by atoms with Crippen molar-refractivity contribution in [3.8, 4) is 45.8 Å². The Hall–Kier alpha value is -8.00. The molecule has 13 rings (SSSR count). The topological polar surface area (TPSA) is 57.4 Å². The fourth-order valence-corrected chi connectivity index (χ4v) is 12.6. The number of aromatic nitrogens is 2. The second-order valence-corrected chi connectivity index (χ2v) is 17.8. The number of thiophene rings is 2. The van der Waals surface area contributed by atoms with E-state index in [2.05, 4.69) is 203 Å². The summed E-state index contributed by atoms with van der Waals surface area (Å²) in [7, 11) is 0. The maximum atomic E-state index is 12.2. The molecule has 0 N–H and O–H groups in total. The highest BCUT2D eigenvalue weighted by Crippen LogP contribution is 2.52. The quantitative estimate of drug-likeness (QED) is 0.178. The molecule has 0 spiro atoms. The van der Waals surface area contributed by atoms with Crippen LogP contribution in [0.1, 0.15) is 11.1 Å². The zero-order valence-electron chi connectivity index (χ0n) is 32.9. The van der Waals surface area contributed by atoms with E-state index in [1.165, 1.54) is 20.2 Å². The number of benzene rings is 9. The molecule has 0 amide bonds. The molecule has 0 saturated heterocycles. The van der Waals surface area contributed by atoms with Gasteiger partial charge in [-0.25, -0.2) is 0 Å². The summed E-state index contributed by atoms with van der Waals surface area (Å²) in [5.74, 6) is 0. The standard InChI is InChI=1S/C56H30N4S2/c57-31-43-52(42-24-14-22-40-38-20-6-12-30-50(38)62-56(40)42)54(60-47-27-9-3-17-35(47)36-18-4-10-28-48(36)60)44(32-58)51(41-23-13-21-39-37-19-5-11-29-49(37)61-55(39)41)53(43)59-45-25-7-1-15-33(45)34-16-2-8-26-46(34)59/h1-30H. The van der Waals surface area contributed by atoms with Gasteiger partial charge in [0.25, 0.3) is 0 Å². The van der Waals surface area contributed by atoms with Crippen molar-refractivity contribution in [3.05, 3.63) is 193 Å². The average molecular weight is 823 g/mol. The summed E-state index contributed by atoms with van der Waals surface area (Å²) >= 11 is 3.47. The van der Waals surface area contributed by atoms with Crippen molar-refractivity contribution in [1.82, 2.24) is 9.13 Å². The Balaban J connectivity index is 1.34. The van der Waals surface area contributed by atoms with Gasteiger partial charge in [-0.15, -0.1) is 22.7 Å². The van der Waals surface area contributed by atoms with Crippen LogP contribution in [0.5, 0.6) is 0 Å². The number of nitrogens with zero attached hydrogens (tertiary/aromatic N) is 4. The summed E-state index contributed by atoms with van der Waals surface area (Å²) in [6.45, 7) is 0. The van der Waals surface area contributed by atoms with E-state index >= 15 is 0 Å². The van der Waals surface area contributed by atoms with Gasteiger partial charge < -0.3 is 9.13 Å². The molecule has 13 aromatic rings. The van der Waals surface area contributed by atoms with Gasteiger partial charge >= 0.3 is 0 Å². The predicted molar refractivity (Wildman–Crippen MR) is 261 cm³/mol. The first-order valence-electron chi connectivity index (χ1n) is 20.6. The van der Waals surface area contributed by atoms with Gasteiger partial charge in [0.05, 0.1) is 44.6 Å². The lowest BCUT2D eigenvalue weighted by Crippen LogP contribution is -2.11. The molecule has 62 heavy (non-hydrogen) atoms. The molecule has 0 aliphatic rings. The summed E-state index contributed by atoms with van der Waals surface area (Å²) in [5.41, 5.74) is 9.58. The zero-order valence-corrected chi connectivity index (χ0v) is 34.6. The van der Waals surface area contributed by atoms with E-state index in [0.29, 0.717) is 22.5 Å². The first kappa shape index (κ1) is 34.8. The number of hydrogen-bond donors (Lipinski definition) is 0. The average Bonchev–Trinajstić information content (AvgIpc) is 4.09. The molecule has 0 fully saturated rings. The molecule has 0 unspecified atom stereocenters. The number of fused-ring (bicyclic) bond motifs is 12. The minimum absolute atomic E-state index is 0.505. The van der Waals surface area contributed by atoms with Crippen molar-refractivity contribution in [2.45, 2.75) is 0 Å². The van der Waals surface area contributed by atoms with Gasteiger partial charge in [0.1, 0.15) is 12.1 Å². The Morgan fingerprint density at radius 1 is 0.323 bits per heavy atom. The predicted octanol–water partition coefficient (Wildman–Crippen LogP) is 15.7. The first-order chi connectivity index (χ1) is 30.7. The summed E-state index contributed by atoms with van der Waals surface area (Å²) in [5, 5.41) is 33.3. The Bertz CT molecular complexity index is 3770. The van der Waals surface area contributed by atoms with Crippen LogP contribution in [0.25, 0.3) is 118 Å². The molecular weight excluding hydrogens is 793 g/mol. The van der Waals surface area contributed by atoms with Crippen LogP contribution >= 0.6 is 22.7 Å². The van der Waals surface area contributed by atoms with E-state index in [1.54, 1.807) is 22.7 Å². The van der Waals surface area contributed by atoms with Crippen LogP contribution in [-0.4, -0.2) is 9.13 Å². The number of rotatable bonds is 4. The van der Waals surface area contributed by atoms with E-state index in [0.717, 1.165) is 86.0 Å². The summed E-state index contributed by atoms with van der Waals surface area (Å²) in [4.78, 5) is 0. The Morgan fingerprint density at radius 2 is 0.629 bits per heavy atom. The van der Waals surface area contributed by atoms with Gasteiger partial charge in [0.15, 0.2) is 0 Å². The van der Waals surface area contributed by atoms with Gasteiger partial charge in [0, 0.05) is 84.1 Å². The largest absolute Gasteiger partial charge is 0.307 e. The third kappa shape index (κ3) is 4.68. The van der Waals surface area contributed by atoms with Crippen molar-refractivity contribution in [2.75, 3.05) is 0 Å². The van der Waals surface area contributed by atoms with Gasteiger partial charge in [-0.1, -0.05) is 146 Å². The molecule has 6 heteroatoms. The molecule has 4 nitrogen and oxygen atoms in total. The normalized spacial score (nSPS) is 11.8. The molecule has 0 saturated carbocycles. The minimum Gasteiger partial charge on any atom is -0.307 e. The molecule has 0 aliphatic heterocycles. The summed E-state index contributed by atoms with van der Waals surface area (Å²) < 4.78 is 9.00. The monoisotopic (exact) mass is 822 g/mol. The van der Waals surface area contributed by atoms with Crippen molar-refractivity contribution in [1.29, 1.82) is 10.5 Å². The van der Waals surface area contributed by atoms with Crippen LogP contribution in [0.3, 0.4) is 0 Å². The van der Waals surface area contributed by atoms with Crippen molar-refractivity contribution < 1.29 is 0 Å². The lowest BCUT2D eigenvalue weighted by Gasteiger charge is -2.25. The van der Waals surface area contributed by atoms with Gasteiger partial charge in [-0.05, 0) is 36.4 Å². The van der Waals surface area contributed by atoms with E-state index in [1.807, 2.05) is 0 Å². The van der Waals surface area contributed by atoms with Crippen LogP contribution in [0.15, 0.2) is 182 Å². The van der Waals surface area contributed by atoms with Gasteiger partial charge in [-0.3, -0.25) is 0 Å². The molecule has 0 bridgehead atoms. The van der Waals surface area contributed by atoms with E-state index in [4.69, 9.17) is 0 Å². The molecular formula is C56H30N4S2. The van der Waals surface area contributed by atoms with Gasteiger partial charge in [-0.2, -0.15) is 10.5 Å². The summed E-state index contributed by atoms with van der Waals surface area (Å²) in [6.07, 6.45) is 0. The molecule has 9 aromatic carbocycles. The second kappa shape index (κ2) is 13.3. The lowest BCUT2D eigenvalue weighted by atomic mass is 9.85. The third-order valence-electron chi connectivity index (χ3n) is 12.6. The highest BCUT2D eigenvalue weighted by Gasteiger charge is 2.33. The molecule has 4 heterocycles. The molecule has 0 atom stereocenters. The highest BCUT2D eigenvalue weighted by atomic mass is 32.1. The SMILES string of the molecule is N#Cc1c(-c2cccc3c2sc2ccccc23)c(-n2c3ccccc3c3ccccc32)c(C#N)c(-c2cccc3c2sc2ccccc23)c1-n1c2ccccc2c2ccccc21. The fraction of sp³-hybridized carbons (Fsp3) is 0. The first-order valence-corrected chi connectivity index (χ1v) is 22.2. The van der Waals surface area contributed by atoms with Crippen LogP contribution in [0.2, 0.25) is 0 Å². The van der Waals surface area contributed by atoms with Crippen LogP contribution in [-0.2, 0) is 0 Å². The van der Waals surface area contributed by atoms with E-state index in [9.17, 15) is 10.5 Å². The third-order valence-corrected chi connectivity index (χ3v) is 15.1. The number of nitriles is 2. The molecule has 4 aromatic heterocycles. The van der Waals surface area contributed by atoms with Crippen molar-refractivity contribution in [2.24, 2.45) is 0 Å². The van der Waals surface area contributed by atoms with Crippen molar-refractivity contribution >= 4 is 107 Å². The Kier molecular flexibility index (Phi) is 7.44. The van der Waals surface area contributed by atoms with E-state index in [-0.39, 0.29) is 0 Å². The summed E-state index contributed by atoms with van der Waals surface area (Å²) in [6, 6.07) is 69.4. The molecule has 0 radical (unpaired) electrons.